The zero-order chi connectivity index (χ0) is 19.0. The summed E-state index contributed by atoms with van der Waals surface area (Å²) in [5, 5.41) is 2.29. The third kappa shape index (κ3) is 6.44. The van der Waals surface area contributed by atoms with Crippen LogP contribution in [-0.2, 0) is 36.5 Å². The van der Waals surface area contributed by atoms with Crippen LogP contribution in [0.15, 0.2) is 24.3 Å². The number of halogens is 3. The second-order valence-electron chi connectivity index (χ2n) is 5.08. The highest BCUT2D eigenvalue weighted by molar-refractivity contribution is 5.86. The first kappa shape index (κ1) is 20.5. The van der Waals surface area contributed by atoms with Crippen molar-refractivity contribution in [2.45, 2.75) is 31.5 Å². The zero-order valence-corrected chi connectivity index (χ0v) is 13.7. The molecule has 0 fully saturated rings. The molecule has 1 atom stereocenters. The summed E-state index contributed by atoms with van der Waals surface area (Å²) in [6.45, 7) is 0. The first-order valence-electron chi connectivity index (χ1n) is 7.28. The second kappa shape index (κ2) is 9.05. The van der Waals surface area contributed by atoms with Crippen molar-refractivity contribution in [3.63, 3.8) is 0 Å². The van der Waals surface area contributed by atoms with E-state index in [4.69, 9.17) is 0 Å². The molecule has 9 heteroatoms. The molecule has 0 radical (unpaired) electrons. The maximum atomic E-state index is 13.0. The Morgan fingerprint density at radius 2 is 1.72 bits per heavy atom. The predicted octanol–water partition coefficient (Wildman–Crippen LogP) is 1.86. The van der Waals surface area contributed by atoms with Gasteiger partial charge in [-0.2, -0.15) is 13.2 Å². The van der Waals surface area contributed by atoms with E-state index >= 15 is 0 Å². The molecule has 1 aromatic carbocycles. The van der Waals surface area contributed by atoms with Crippen LogP contribution in [-0.4, -0.2) is 38.1 Å². The van der Waals surface area contributed by atoms with Gasteiger partial charge in [-0.1, -0.05) is 18.2 Å². The minimum atomic E-state index is -4.59. The van der Waals surface area contributed by atoms with Gasteiger partial charge in [0, 0.05) is 12.8 Å². The van der Waals surface area contributed by atoms with Crippen LogP contribution >= 0.6 is 0 Å². The van der Waals surface area contributed by atoms with Crippen LogP contribution in [0.3, 0.4) is 0 Å². The van der Waals surface area contributed by atoms with Gasteiger partial charge < -0.3 is 14.8 Å². The van der Waals surface area contributed by atoms with Crippen LogP contribution < -0.4 is 5.32 Å². The first-order valence-corrected chi connectivity index (χ1v) is 7.28. The number of hydrogen-bond acceptors (Lipinski definition) is 5. The fourth-order valence-corrected chi connectivity index (χ4v) is 2.11. The average Bonchev–Trinajstić information content (AvgIpc) is 2.57. The molecule has 1 N–H and O–H groups in total. The highest BCUT2D eigenvalue weighted by Gasteiger charge is 2.34. The number of ether oxygens (including phenoxy) is 2. The molecule has 0 aliphatic heterocycles. The lowest BCUT2D eigenvalue weighted by Gasteiger charge is -2.19. The highest BCUT2D eigenvalue weighted by atomic mass is 19.4. The molecule has 0 aromatic heterocycles. The van der Waals surface area contributed by atoms with E-state index < -0.39 is 42.0 Å². The average molecular weight is 361 g/mol. The van der Waals surface area contributed by atoms with Crippen LogP contribution in [0, 0.1) is 0 Å². The van der Waals surface area contributed by atoms with Crippen LogP contribution in [0.1, 0.15) is 24.0 Å². The van der Waals surface area contributed by atoms with Gasteiger partial charge in [0.1, 0.15) is 6.04 Å². The maximum Gasteiger partial charge on any atom is 0.416 e. The van der Waals surface area contributed by atoms with Gasteiger partial charge >= 0.3 is 18.1 Å². The fourth-order valence-electron chi connectivity index (χ4n) is 2.11. The Kier molecular flexibility index (Phi) is 7.41. The van der Waals surface area contributed by atoms with E-state index in [1.54, 1.807) is 0 Å². The molecule has 1 rings (SSSR count). The van der Waals surface area contributed by atoms with Gasteiger partial charge in [0.15, 0.2) is 0 Å². The lowest BCUT2D eigenvalue weighted by Crippen LogP contribution is -2.43. The standard InChI is InChI=1S/C16H18F3NO5/c1-24-14(22)8-7-13(21)20-12(15(23)25-2)9-10-5-3-4-6-11(10)16(17,18)19/h3-6,12H,7-9H2,1-2H3,(H,20,21)/t12-/m1/s1. The number of methoxy groups -OCH3 is 2. The van der Waals surface area contributed by atoms with Crippen molar-refractivity contribution in [1.29, 1.82) is 0 Å². The van der Waals surface area contributed by atoms with E-state index in [1.807, 2.05) is 0 Å². The first-order chi connectivity index (χ1) is 11.7. The summed E-state index contributed by atoms with van der Waals surface area (Å²) in [7, 11) is 2.22. The van der Waals surface area contributed by atoms with Crippen molar-refractivity contribution in [3.8, 4) is 0 Å². The molecule has 0 bridgehead atoms. The minimum absolute atomic E-state index is 0.154. The van der Waals surface area contributed by atoms with E-state index in [9.17, 15) is 27.6 Å². The summed E-state index contributed by atoms with van der Waals surface area (Å²) >= 11 is 0. The Hall–Kier alpha value is -2.58. The second-order valence-corrected chi connectivity index (χ2v) is 5.08. The third-order valence-electron chi connectivity index (χ3n) is 3.35. The van der Waals surface area contributed by atoms with Crippen molar-refractivity contribution < 1.29 is 37.0 Å². The minimum Gasteiger partial charge on any atom is -0.469 e. The fraction of sp³-hybridized carbons (Fsp3) is 0.438. The number of alkyl halides is 3. The number of benzene rings is 1. The molecule has 0 heterocycles. The van der Waals surface area contributed by atoms with Crippen molar-refractivity contribution >= 4 is 17.8 Å². The van der Waals surface area contributed by atoms with E-state index in [0.717, 1.165) is 20.3 Å². The highest BCUT2D eigenvalue weighted by Crippen LogP contribution is 2.32. The molecule has 138 valence electrons. The van der Waals surface area contributed by atoms with Crippen LogP contribution in [0.4, 0.5) is 13.2 Å². The molecule has 0 saturated heterocycles. The molecule has 0 saturated carbocycles. The normalized spacial score (nSPS) is 12.2. The van der Waals surface area contributed by atoms with Crippen LogP contribution in [0.25, 0.3) is 0 Å². The van der Waals surface area contributed by atoms with Gasteiger partial charge in [0.05, 0.1) is 26.2 Å². The third-order valence-corrected chi connectivity index (χ3v) is 3.35. The Morgan fingerprint density at radius 3 is 2.28 bits per heavy atom. The van der Waals surface area contributed by atoms with Gasteiger partial charge in [0.2, 0.25) is 5.91 Å². The number of carbonyl (C=O) groups is 3. The summed E-state index contributed by atoms with van der Waals surface area (Å²) in [5.74, 6) is -2.18. The Labute approximate surface area is 142 Å². The topological polar surface area (TPSA) is 81.7 Å². The summed E-state index contributed by atoms with van der Waals surface area (Å²) < 4.78 is 48.0. The molecule has 1 aromatic rings. The molecule has 0 aliphatic carbocycles. The van der Waals surface area contributed by atoms with E-state index in [-0.39, 0.29) is 18.4 Å². The SMILES string of the molecule is COC(=O)CCC(=O)N[C@H](Cc1ccccc1C(F)(F)F)C(=O)OC. The lowest BCUT2D eigenvalue weighted by atomic mass is 9.99. The van der Waals surface area contributed by atoms with Crippen LogP contribution in [0.5, 0.6) is 0 Å². The molecule has 0 aliphatic rings. The number of nitrogens with one attached hydrogen (secondary N) is 1. The number of amides is 1. The van der Waals surface area contributed by atoms with E-state index in [2.05, 4.69) is 14.8 Å². The van der Waals surface area contributed by atoms with Crippen LogP contribution in [0.2, 0.25) is 0 Å². The molecule has 0 unspecified atom stereocenters. The number of rotatable bonds is 7. The largest absolute Gasteiger partial charge is 0.469 e. The van der Waals surface area contributed by atoms with Crippen molar-refractivity contribution in [2.24, 2.45) is 0 Å². The summed E-state index contributed by atoms with van der Waals surface area (Å²) in [5.41, 5.74) is -1.05. The number of carbonyl (C=O) groups excluding carboxylic acids is 3. The van der Waals surface area contributed by atoms with E-state index in [1.165, 1.54) is 18.2 Å². The smallest absolute Gasteiger partial charge is 0.416 e. The van der Waals surface area contributed by atoms with Crippen molar-refractivity contribution in [2.75, 3.05) is 14.2 Å². The lowest BCUT2D eigenvalue weighted by molar-refractivity contribution is -0.146. The predicted molar refractivity (Wildman–Crippen MR) is 80.3 cm³/mol. The summed E-state index contributed by atoms with van der Waals surface area (Å²) in [6, 6.07) is 3.44. The Morgan fingerprint density at radius 1 is 1.08 bits per heavy atom. The molecule has 25 heavy (non-hydrogen) atoms. The van der Waals surface area contributed by atoms with Crippen molar-refractivity contribution in [3.05, 3.63) is 35.4 Å². The maximum absolute atomic E-state index is 13.0. The molecule has 0 spiro atoms. The number of esters is 2. The van der Waals surface area contributed by atoms with E-state index in [0.29, 0.717) is 0 Å². The summed E-state index contributed by atoms with van der Waals surface area (Å²) in [4.78, 5) is 34.6. The molecule has 1 amide bonds. The molecular weight excluding hydrogens is 343 g/mol. The summed E-state index contributed by atoms with van der Waals surface area (Å²) in [6.07, 6.45) is -5.46. The van der Waals surface area contributed by atoms with Gasteiger partial charge in [-0.05, 0) is 11.6 Å². The van der Waals surface area contributed by atoms with Gasteiger partial charge in [-0.3, -0.25) is 9.59 Å². The Bertz CT molecular complexity index is 630. The molecule has 6 nitrogen and oxygen atoms in total. The molecular formula is C16H18F3NO5. The van der Waals surface area contributed by atoms with Gasteiger partial charge in [-0.25, -0.2) is 4.79 Å². The van der Waals surface area contributed by atoms with Gasteiger partial charge in [0.25, 0.3) is 0 Å². The monoisotopic (exact) mass is 361 g/mol. The van der Waals surface area contributed by atoms with Gasteiger partial charge in [-0.15, -0.1) is 0 Å². The van der Waals surface area contributed by atoms with Crippen molar-refractivity contribution in [1.82, 2.24) is 5.32 Å². The number of hydrogen-bond donors (Lipinski definition) is 1. The Balaban J connectivity index is 2.90. The quantitative estimate of drug-likeness (QED) is 0.750. The zero-order valence-electron chi connectivity index (χ0n) is 13.7.